The summed E-state index contributed by atoms with van der Waals surface area (Å²) in [4.78, 5) is 14.9. The van der Waals surface area contributed by atoms with E-state index in [1.54, 1.807) is 18.2 Å². The molecule has 7 nitrogen and oxygen atoms in total. The van der Waals surface area contributed by atoms with E-state index in [9.17, 15) is 10.1 Å². The number of para-hydroxylation sites is 1. The van der Waals surface area contributed by atoms with Gasteiger partial charge in [-0.3, -0.25) is 15.2 Å². The molecule has 3 rings (SSSR count). The fourth-order valence-corrected chi connectivity index (χ4v) is 2.31. The first-order valence-corrected chi connectivity index (χ1v) is 7.39. The first kappa shape index (κ1) is 15.7. The average molecular weight is 324 g/mol. The summed E-state index contributed by atoms with van der Waals surface area (Å²) < 4.78 is 5.76. The van der Waals surface area contributed by atoms with Crippen molar-refractivity contribution in [1.82, 2.24) is 15.2 Å². The highest BCUT2D eigenvalue weighted by atomic mass is 16.6. The van der Waals surface area contributed by atoms with Gasteiger partial charge in [-0.05, 0) is 37.1 Å². The summed E-state index contributed by atoms with van der Waals surface area (Å²) >= 11 is 0. The maximum atomic E-state index is 11.1. The number of H-pyrrole nitrogens is 1. The summed E-state index contributed by atoms with van der Waals surface area (Å²) in [5.74, 6) is 1.56. The zero-order chi connectivity index (χ0) is 17.1. The third-order valence-electron chi connectivity index (χ3n) is 3.58. The van der Waals surface area contributed by atoms with Gasteiger partial charge in [0.25, 0.3) is 5.69 Å². The number of nitro groups is 1. The molecule has 1 heterocycles. The number of hydrogen-bond donors (Lipinski definition) is 1. The molecular weight excluding hydrogens is 308 g/mol. The molecule has 0 saturated heterocycles. The fraction of sp³-hybridized carbons (Fsp3) is 0.176. The van der Waals surface area contributed by atoms with Crippen LogP contribution >= 0.6 is 0 Å². The van der Waals surface area contributed by atoms with Gasteiger partial charge >= 0.3 is 0 Å². The third kappa shape index (κ3) is 3.24. The van der Waals surface area contributed by atoms with Crippen LogP contribution in [0.4, 0.5) is 5.69 Å². The predicted octanol–water partition coefficient (Wildman–Crippen LogP) is 3.58. The molecule has 0 atom stereocenters. The predicted molar refractivity (Wildman–Crippen MR) is 88.7 cm³/mol. The molecule has 1 aromatic heterocycles. The number of benzene rings is 2. The number of aromatic amines is 1. The number of nitrogens with zero attached hydrogens (tertiary/aromatic N) is 3. The monoisotopic (exact) mass is 324 g/mol. The number of nitrogens with one attached hydrogen (secondary N) is 1. The Morgan fingerprint density at radius 2 is 2.00 bits per heavy atom. The molecular formula is C17H16N4O3. The van der Waals surface area contributed by atoms with Crippen LogP contribution in [0, 0.1) is 24.0 Å². The van der Waals surface area contributed by atoms with E-state index in [4.69, 9.17) is 4.74 Å². The van der Waals surface area contributed by atoms with E-state index in [1.807, 2.05) is 32.0 Å². The molecule has 0 spiro atoms. The normalized spacial score (nSPS) is 10.6. The van der Waals surface area contributed by atoms with Gasteiger partial charge in [0.15, 0.2) is 11.6 Å². The van der Waals surface area contributed by atoms with Gasteiger partial charge in [-0.2, -0.15) is 5.10 Å². The summed E-state index contributed by atoms with van der Waals surface area (Å²) in [7, 11) is 0. The van der Waals surface area contributed by atoms with E-state index in [2.05, 4.69) is 15.2 Å². The molecule has 0 aliphatic carbocycles. The fourth-order valence-electron chi connectivity index (χ4n) is 2.31. The van der Waals surface area contributed by atoms with Crippen LogP contribution in [0.5, 0.6) is 5.75 Å². The van der Waals surface area contributed by atoms with E-state index in [0.717, 1.165) is 16.9 Å². The topological polar surface area (TPSA) is 93.9 Å². The smallest absolute Gasteiger partial charge is 0.280 e. The molecule has 0 aliphatic rings. The highest BCUT2D eigenvalue weighted by Gasteiger charge is 2.18. The number of ether oxygens (including phenoxy) is 1. The first-order valence-electron chi connectivity index (χ1n) is 7.39. The van der Waals surface area contributed by atoms with E-state index < -0.39 is 4.92 Å². The minimum atomic E-state index is -0.446. The van der Waals surface area contributed by atoms with Crippen molar-refractivity contribution in [1.29, 1.82) is 0 Å². The molecule has 0 radical (unpaired) electrons. The van der Waals surface area contributed by atoms with Crippen molar-refractivity contribution in [2.75, 3.05) is 0 Å². The van der Waals surface area contributed by atoms with Crippen LogP contribution in [0.1, 0.15) is 17.0 Å². The number of aryl methyl sites for hydroxylation is 2. The third-order valence-corrected chi connectivity index (χ3v) is 3.58. The molecule has 0 unspecified atom stereocenters. The molecule has 0 bridgehead atoms. The molecule has 7 heteroatoms. The second-order valence-electron chi connectivity index (χ2n) is 5.44. The summed E-state index contributed by atoms with van der Waals surface area (Å²) in [6.07, 6.45) is 0. The van der Waals surface area contributed by atoms with Crippen molar-refractivity contribution < 1.29 is 9.66 Å². The zero-order valence-corrected chi connectivity index (χ0v) is 13.3. The molecule has 0 saturated carbocycles. The van der Waals surface area contributed by atoms with Crippen molar-refractivity contribution in [2.24, 2.45) is 0 Å². The molecule has 2 aromatic carbocycles. The SMILES string of the molecule is Cc1ccc(C)c(OCc2nc(-c3ccccc3[N+](=O)[O-])n[nH]2)c1. The average Bonchev–Trinajstić information content (AvgIpc) is 3.04. The van der Waals surface area contributed by atoms with Crippen LogP contribution in [0.15, 0.2) is 42.5 Å². The lowest BCUT2D eigenvalue weighted by Gasteiger charge is -2.08. The standard InChI is InChI=1S/C17H16N4O3/c1-11-7-8-12(2)15(9-11)24-10-16-18-17(20-19-16)13-5-3-4-6-14(13)21(22)23/h3-9H,10H2,1-2H3,(H,18,19,20). The summed E-state index contributed by atoms with van der Waals surface area (Å²) in [6, 6.07) is 12.3. The summed E-state index contributed by atoms with van der Waals surface area (Å²) in [5, 5.41) is 17.9. The summed E-state index contributed by atoms with van der Waals surface area (Å²) in [6.45, 7) is 4.17. The van der Waals surface area contributed by atoms with Gasteiger partial charge in [0.05, 0.1) is 10.5 Å². The van der Waals surface area contributed by atoms with E-state index in [1.165, 1.54) is 6.07 Å². The Bertz CT molecular complexity index is 889. The quantitative estimate of drug-likeness (QED) is 0.572. The Labute approximate surface area is 138 Å². The maximum absolute atomic E-state index is 11.1. The van der Waals surface area contributed by atoms with Crippen LogP contribution in [0.25, 0.3) is 11.4 Å². The van der Waals surface area contributed by atoms with E-state index in [0.29, 0.717) is 11.4 Å². The van der Waals surface area contributed by atoms with Gasteiger partial charge in [0.2, 0.25) is 0 Å². The molecule has 0 amide bonds. The van der Waals surface area contributed by atoms with Gasteiger partial charge in [-0.1, -0.05) is 24.3 Å². The van der Waals surface area contributed by atoms with Crippen LogP contribution in [0.2, 0.25) is 0 Å². The van der Waals surface area contributed by atoms with Gasteiger partial charge in [-0.25, -0.2) is 4.98 Å². The highest BCUT2D eigenvalue weighted by molar-refractivity contribution is 5.67. The van der Waals surface area contributed by atoms with Crippen LogP contribution in [-0.2, 0) is 6.61 Å². The second-order valence-corrected chi connectivity index (χ2v) is 5.44. The van der Waals surface area contributed by atoms with Gasteiger partial charge < -0.3 is 4.74 Å². The van der Waals surface area contributed by atoms with Crippen LogP contribution < -0.4 is 4.74 Å². The largest absolute Gasteiger partial charge is 0.485 e. The Kier molecular flexibility index (Phi) is 4.24. The number of nitro benzene ring substituents is 1. The number of aromatic nitrogens is 3. The molecule has 24 heavy (non-hydrogen) atoms. The van der Waals surface area contributed by atoms with E-state index >= 15 is 0 Å². The zero-order valence-electron chi connectivity index (χ0n) is 13.3. The molecule has 3 aromatic rings. The lowest BCUT2D eigenvalue weighted by Crippen LogP contribution is -1.99. The van der Waals surface area contributed by atoms with Gasteiger partial charge in [-0.15, -0.1) is 0 Å². The second kappa shape index (κ2) is 6.49. The first-order chi connectivity index (χ1) is 11.5. The van der Waals surface area contributed by atoms with Crippen molar-refractivity contribution in [3.05, 3.63) is 69.5 Å². The number of rotatable bonds is 5. The Hall–Kier alpha value is -3.22. The minimum absolute atomic E-state index is 0.0292. The number of hydrogen-bond acceptors (Lipinski definition) is 5. The van der Waals surface area contributed by atoms with Crippen molar-refractivity contribution in [3.63, 3.8) is 0 Å². The van der Waals surface area contributed by atoms with Gasteiger partial charge in [0.1, 0.15) is 12.4 Å². The molecule has 122 valence electrons. The minimum Gasteiger partial charge on any atom is -0.485 e. The van der Waals surface area contributed by atoms with Crippen LogP contribution in [-0.4, -0.2) is 20.1 Å². The molecule has 1 N–H and O–H groups in total. The van der Waals surface area contributed by atoms with Crippen LogP contribution in [0.3, 0.4) is 0 Å². The molecule has 0 aliphatic heterocycles. The van der Waals surface area contributed by atoms with Crippen molar-refractivity contribution >= 4 is 5.69 Å². The Balaban J connectivity index is 1.79. The van der Waals surface area contributed by atoms with Crippen molar-refractivity contribution in [3.8, 4) is 17.1 Å². The summed E-state index contributed by atoms with van der Waals surface area (Å²) in [5.41, 5.74) is 2.48. The Morgan fingerprint density at radius 1 is 1.21 bits per heavy atom. The van der Waals surface area contributed by atoms with Gasteiger partial charge in [0, 0.05) is 6.07 Å². The highest BCUT2D eigenvalue weighted by Crippen LogP contribution is 2.27. The lowest BCUT2D eigenvalue weighted by atomic mass is 10.1. The molecule has 0 fully saturated rings. The van der Waals surface area contributed by atoms with E-state index in [-0.39, 0.29) is 18.1 Å². The maximum Gasteiger partial charge on any atom is 0.280 e. The van der Waals surface area contributed by atoms with Crippen molar-refractivity contribution in [2.45, 2.75) is 20.5 Å². The Morgan fingerprint density at radius 3 is 2.79 bits per heavy atom. The lowest BCUT2D eigenvalue weighted by molar-refractivity contribution is -0.384.